The lowest BCUT2D eigenvalue weighted by atomic mass is 9.98. The van der Waals surface area contributed by atoms with Crippen LogP contribution < -0.4 is 5.32 Å². The van der Waals surface area contributed by atoms with Crippen molar-refractivity contribution in [2.24, 2.45) is 0 Å². The standard InChI is InChI=1S/C22H27ClN2O6S/c23-13-8-6-12(7-9-13)16-10-15(25-31-16)21(29)24-18-20(28)19(27)17(11-26)30-22(18)32-14-4-2-1-3-5-14/h6-10,14,17-20,22,26-28H,1-5,11H2,(H,24,29)/t17-,18-,19-,20-,22-/m1/s1. The third-order valence-corrected chi connectivity index (χ3v) is 7.71. The molecule has 2 aromatic rings. The SMILES string of the molecule is O=C(N[C@@H]1[C@@H](O)[C@H](O)[C@@H](CO)O[C@@H]1SC1CCCCC1)c1cc(-c2ccc(Cl)cc2)on1. The minimum Gasteiger partial charge on any atom is -0.394 e. The highest BCUT2D eigenvalue weighted by Crippen LogP contribution is 2.37. The van der Waals surface area contributed by atoms with Crippen LogP contribution in [-0.2, 0) is 4.74 Å². The lowest BCUT2D eigenvalue weighted by Crippen LogP contribution is -2.63. The van der Waals surface area contributed by atoms with Crippen LogP contribution in [0.4, 0.5) is 0 Å². The molecular weight excluding hydrogens is 456 g/mol. The van der Waals surface area contributed by atoms with Crippen molar-refractivity contribution >= 4 is 29.3 Å². The minimum absolute atomic E-state index is 0.0438. The number of ether oxygens (including phenoxy) is 1. The summed E-state index contributed by atoms with van der Waals surface area (Å²) in [5.41, 5.74) is 0.150. The Morgan fingerprint density at radius 3 is 2.56 bits per heavy atom. The van der Waals surface area contributed by atoms with Gasteiger partial charge in [-0.2, -0.15) is 0 Å². The van der Waals surface area contributed by atoms with E-state index in [9.17, 15) is 20.1 Å². The number of carbonyl (C=O) groups excluding carboxylic acids is 1. The van der Waals surface area contributed by atoms with Crippen LogP contribution in [0.15, 0.2) is 34.9 Å². The Hall–Kier alpha value is -1.62. The van der Waals surface area contributed by atoms with Gasteiger partial charge in [0.05, 0.1) is 12.6 Å². The minimum atomic E-state index is -1.32. The van der Waals surface area contributed by atoms with Crippen molar-refractivity contribution in [2.75, 3.05) is 6.61 Å². The van der Waals surface area contributed by atoms with E-state index in [0.717, 1.165) is 25.7 Å². The summed E-state index contributed by atoms with van der Waals surface area (Å²) in [5.74, 6) is -0.147. The monoisotopic (exact) mass is 482 g/mol. The lowest BCUT2D eigenvalue weighted by molar-refractivity contribution is -0.169. The summed E-state index contributed by atoms with van der Waals surface area (Å²) in [4.78, 5) is 12.9. The number of amides is 1. The molecule has 0 spiro atoms. The molecule has 1 aliphatic carbocycles. The van der Waals surface area contributed by atoms with Gasteiger partial charge in [-0.3, -0.25) is 4.79 Å². The maximum Gasteiger partial charge on any atom is 0.273 e. The molecule has 4 rings (SSSR count). The number of rotatable bonds is 6. The van der Waals surface area contributed by atoms with Crippen LogP contribution in [0.2, 0.25) is 5.02 Å². The molecule has 1 aliphatic heterocycles. The van der Waals surface area contributed by atoms with E-state index in [0.29, 0.717) is 21.6 Å². The summed E-state index contributed by atoms with van der Waals surface area (Å²) in [6.45, 7) is -0.422. The molecule has 32 heavy (non-hydrogen) atoms. The van der Waals surface area contributed by atoms with Crippen LogP contribution >= 0.6 is 23.4 Å². The first-order chi connectivity index (χ1) is 15.5. The summed E-state index contributed by atoms with van der Waals surface area (Å²) >= 11 is 7.45. The van der Waals surface area contributed by atoms with Crippen molar-refractivity contribution in [3.8, 4) is 11.3 Å². The number of aromatic nitrogens is 1. The number of aliphatic hydroxyl groups is 3. The second kappa shape index (κ2) is 10.5. The Morgan fingerprint density at radius 1 is 1.16 bits per heavy atom. The van der Waals surface area contributed by atoms with Crippen molar-refractivity contribution in [1.82, 2.24) is 10.5 Å². The van der Waals surface area contributed by atoms with Crippen molar-refractivity contribution < 1.29 is 29.4 Å². The number of hydrogen-bond donors (Lipinski definition) is 4. The van der Waals surface area contributed by atoms with Crippen molar-refractivity contribution in [3.05, 3.63) is 41.0 Å². The van der Waals surface area contributed by atoms with E-state index >= 15 is 0 Å². The third-order valence-electron chi connectivity index (χ3n) is 5.93. The second-order valence-electron chi connectivity index (χ2n) is 8.19. The number of thioether (sulfide) groups is 1. The quantitative estimate of drug-likeness (QED) is 0.495. The van der Waals surface area contributed by atoms with Gasteiger partial charge in [-0.15, -0.1) is 11.8 Å². The van der Waals surface area contributed by atoms with E-state index in [1.54, 1.807) is 24.3 Å². The van der Waals surface area contributed by atoms with Gasteiger partial charge in [-0.25, -0.2) is 0 Å². The van der Waals surface area contributed by atoms with Gasteiger partial charge in [-0.1, -0.05) is 36.0 Å². The van der Waals surface area contributed by atoms with Crippen LogP contribution in [0.25, 0.3) is 11.3 Å². The molecule has 0 unspecified atom stereocenters. The zero-order valence-electron chi connectivity index (χ0n) is 17.4. The van der Waals surface area contributed by atoms with Crippen LogP contribution in [0.5, 0.6) is 0 Å². The Balaban J connectivity index is 1.49. The Kier molecular flexibility index (Phi) is 7.75. The topological polar surface area (TPSA) is 125 Å². The van der Waals surface area contributed by atoms with Gasteiger partial charge in [-0.05, 0) is 37.1 Å². The zero-order valence-corrected chi connectivity index (χ0v) is 19.0. The van der Waals surface area contributed by atoms with Gasteiger partial charge in [0.1, 0.15) is 23.7 Å². The van der Waals surface area contributed by atoms with Gasteiger partial charge < -0.3 is 29.9 Å². The first-order valence-corrected chi connectivity index (χ1v) is 12.1. The van der Waals surface area contributed by atoms with Gasteiger partial charge in [0.25, 0.3) is 5.91 Å². The molecule has 0 radical (unpaired) electrons. The Labute approximate surface area is 195 Å². The predicted octanol–water partition coefficient (Wildman–Crippen LogP) is 2.60. The first-order valence-electron chi connectivity index (χ1n) is 10.8. The smallest absolute Gasteiger partial charge is 0.273 e. The van der Waals surface area contributed by atoms with Gasteiger partial charge in [0.15, 0.2) is 11.5 Å². The molecule has 174 valence electrons. The average molecular weight is 483 g/mol. The molecule has 2 heterocycles. The summed E-state index contributed by atoms with van der Waals surface area (Å²) in [6, 6.07) is 7.56. The highest BCUT2D eigenvalue weighted by molar-refractivity contribution is 8.00. The van der Waals surface area contributed by atoms with E-state index in [4.69, 9.17) is 20.9 Å². The Bertz CT molecular complexity index is 904. The van der Waals surface area contributed by atoms with Crippen molar-refractivity contribution in [1.29, 1.82) is 0 Å². The highest BCUT2D eigenvalue weighted by Gasteiger charge is 2.46. The molecule has 4 N–H and O–H groups in total. The molecule has 5 atom stereocenters. The van der Waals surface area contributed by atoms with Crippen molar-refractivity contribution in [3.63, 3.8) is 0 Å². The highest BCUT2D eigenvalue weighted by atomic mass is 35.5. The summed E-state index contributed by atoms with van der Waals surface area (Å²) in [5, 5.41) is 38.1. The van der Waals surface area contributed by atoms with E-state index in [2.05, 4.69) is 10.5 Å². The van der Waals surface area contributed by atoms with E-state index in [-0.39, 0.29) is 5.69 Å². The maximum atomic E-state index is 12.9. The number of carbonyl (C=O) groups is 1. The average Bonchev–Trinajstić information content (AvgIpc) is 3.30. The van der Waals surface area contributed by atoms with Crippen LogP contribution in [0.3, 0.4) is 0 Å². The fourth-order valence-electron chi connectivity index (χ4n) is 4.10. The van der Waals surface area contributed by atoms with Crippen LogP contribution in [0.1, 0.15) is 42.6 Å². The predicted molar refractivity (Wildman–Crippen MR) is 120 cm³/mol. The van der Waals surface area contributed by atoms with Crippen LogP contribution in [0, 0.1) is 0 Å². The molecule has 8 nitrogen and oxygen atoms in total. The normalized spacial score (nSPS) is 29.1. The number of benzene rings is 1. The molecular formula is C22H27ClN2O6S. The molecule has 1 saturated carbocycles. The second-order valence-corrected chi connectivity index (χ2v) is 10.0. The summed E-state index contributed by atoms with van der Waals surface area (Å²) in [6.07, 6.45) is 1.98. The molecule has 1 amide bonds. The summed E-state index contributed by atoms with van der Waals surface area (Å²) < 4.78 is 11.2. The van der Waals surface area contributed by atoms with E-state index in [1.165, 1.54) is 24.2 Å². The number of nitrogens with one attached hydrogen (secondary N) is 1. The first kappa shape index (κ1) is 23.5. The number of nitrogens with zero attached hydrogens (tertiary/aromatic N) is 1. The molecule has 1 saturated heterocycles. The lowest BCUT2D eigenvalue weighted by Gasteiger charge is -2.43. The molecule has 2 aliphatic rings. The Morgan fingerprint density at radius 2 is 1.88 bits per heavy atom. The molecule has 10 heteroatoms. The third kappa shape index (κ3) is 5.30. The molecule has 2 fully saturated rings. The zero-order chi connectivity index (χ0) is 22.7. The molecule has 0 bridgehead atoms. The fraction of sp³-hybridized carbons (Fsp3) is 0.545. The van der Waals surface area contributed by atoms with Gasteiger partial charge >= 0.3 is 0 Å². The van der Waals surface area contributed by atoms with Gasteiger partial charge in [0.2, 0.25) is 0 Å². The number of aliphatic hydroxyl groups excluding tert-OH is 3. The van der Waals surface area contributed by atoms with Crippen molar-refractivity contribution in [2.45, 2.75) is 67.1 Å². The number of hydrogen-bond acceptors (Lipinski definition) is 8. The number of halogens is 1. The molecule has 1 aromatic heterocycles. The largest absolute Gasteiger partial charge is 0.394 e. The van der Waals surface area contributed by atoms with E-state index < -0.39 is 42.3 Å². The molecule has 1 aromatic carbocycles. The van der Waals surface area contributed by atoms with Gasteiger partial charge in [0, 0.05) is 21.9 Å². The maximum absolute atomic E-state index is 12.9. The summed E-state index contributed by atoms with van der Waals surface area (Å²) in [7, 11) is 0. The van der Waals surface area contributed by atoms with Crippen LogP contribution in [-0.4, -0.2) is 68.0 Å². The van der Waals surface area contributed by atoms with E-state index in [1.807, 2.05) is 0 Å². The fourth-order valence-corrected chi connectivity index (χ4v) is 5.82.